The first-order chi connectivity index (χ1) is 18.6. The normalized spacial score (nSPS) is 10.9. The van der Waals surface area contributed by atoms with Gasteiger partial charge in [-0.3, -0.25) is 0 Å². The van der Waals surface area contributed by atoms with Gasteiger partial charge in [0.25, 0.3) is 0 Å². The molecule has 0 saturated heterocycles. The van der Waals surface area contributed by atoms with Crippen molar-refractivity contribution in [2.45, 2.75) is 13.8 Å². The zero-order valence-electron chi connectivity index (χ0n) is 21.6. The second-order valence-corrected chi connectivity index (χ2v) is 9.73. The largest absolute Gasteiger partial charge is 0.228 e. The van der Waals surface area contributed by atoms with Crippen LogP contribution in [-0.4, -0.2) is 9.97 Å². The van der Waals surface area contributed by atoms with E-state index in [4.69, 9.17) is 9.97 Å². The fourth-order valence-corrected chi connectivity index (χ4v) is 4.83. The number of hydrogen-bond acceptors (Lipinski definition) is 2. The SMILES string of the molecule is Cc1cccc(-c2cc(-c3cccc(C)c3)cc(-c3nc(-c4ccccc4)cc(-c4ccccc4)n3)c2)c1. The van der Waals surface area contributed by atoms with Gasteiger partial charge in [-0.05, 0) is 60.4 Å². The molecule has 0 saturated carbocycles. The van der Waals surface area contributed by atoms with Crippen LogP contribution in [-0.2, 0) is 0 Å². The highest BCUT2D eigenvalue weighted by Crippen LogP contribution is 2.34. The van der Waals surface area contributed by atoms with E-state index in [0.29, 0.717) is 5.82 Å². The molecule has 38 heavy (non-hydrogen) atoms. The van der Waals surface area contributed by atoms with Crippen LogP contribution in [0.2, 0.25) is 0 Å². The summed E-state index contributed by atoms with van der Waals surface area (Å²) in [5.41, 5.74) is 12.1. The Morgan fingerprint density at radius 3 is 1.21 bits per heavy atom. The summed E-state index contributed by atoms with van der Waals surface area (Å²) in [6.45, 7) is 4.26. The van der Waals surface area contributed by atoms with Gasteiger partial charge in [-0.25, -0.2) is 9.97 Å². The molecule has 182 valence electrons. The van der Waals surface area contributed by atoms with Crippen molar-refractivity contribution < 1.29 is 0 Å². The summed E-state index contributed by atoms with van der Waals surface area (Å²) in [4.78, 5) is 10.2. The lowest BCUT2D eigenvalue weighted by Gasteiger charge is -2.13. The zero-order valence-corrected chi connectivity index (χ0v) is 21.6. The van der Waals surface area contributed by atoms with E-state index in [2.05, 4.69) is 111 Å². The molecule has 0 bridgehead atoms. The molecule has 0 unspecified atom stereocenters. The highest BCUT2D eigenvalue weighted by Gasteiger charge is 2.14. The zero-order chi connectivity index (χ0) is 25.9. The summed E-state index contributed by atoms with van der Waals surface area (Å²) in [5.74, 6) is 0.716. The van der Waals surface area contributed by atoms with E-state index in [1.807, 2.05) is 36.4 Å². The molecule has 1 aromatic heterocycles. The second kappa shape index (κ2) is 10.3. The number of nitrogens with zero attached hydrogens (tertiary/aromatic N) is 2. The third-order valence-electron chi connectivity index (χ3n) is 6.76. The average Bonchev–Trinajstić information content (AvgIpc) is 2.97. The van der Waals surface area contributed by atoms with Gasteiger partial charge in [0.1, 0.15) is 0 Å². The molecule has 0 N–H and O–H groups in total. The minimum absolute atomic E-state index is 0.716. The van der Waals surface area contributed by atoms with E-state index in [-0.39, 0.29) is 0 Å². The maximum absolute atomic E-state index is 5.09. The summed E-state index contributed by atoms with van der Waals surface area (Å²) in [6, 6.07) is 46.7. The minimum atomic E-state index is 0.716. The van der Waals surface area contributed by atoms with Crippen LogP contribution in [0.4, 0.5) is 0 Å². The van der Waals surface area contributed by atoms with Gasteiger partial charge < -0.3 is 0 Å². The van der Waals surface area contributed by atoms with Gasteiger partial charge in [0, 0.05) is 16.7 Å². The van der Waals surface area contributed by atoms with E-state index < -0.39 is 0 Å². The highest BCUT2D eigenvalue weighted by atomic mass is 14.9. The predicted octanol–water partition coefficient (Wildman–Crippen LogP) is 9.43. The number of aromatic nitrogens is 2. The molecule has 0 aliphatic carbocycles. The Labute approximate surface area is 224 Å². The van der Waals surface area contributed by atoms with Gasteiger partial charge in [0.15, 0.2) is 5.82 Å². The van der Waals surface area contributed by atoms with Crippen molar-refractivity contribution in [1.82, 2.24) is 9.97 Å². The fourth-order valence-electron chi connectivity index (χ4n) is 4.83. The fraction of sp³-hybridized carbons (Fsp3) is 0.0556. The number of aryl methyl sites for hydroxylation is 2. The lowest BCUT2D eigenvalue weighted by molar-refractivity contribution is 1.18. The summed E-state index contributed by atoms with van der Waals surface area (Å²) >= 11 is 0. The van der Waals surface area contributed by atoms with Crippen LogP contribution in [0.5, 0.6) is 0 Å². The molecule has 0 radical (unpaired) electrons. The van der Waals surface area contributed by atoms with Gasteiger partial charge in [0.2, 0.25) is 0 Å². The first-order valence-electron chi connectivity index (χ1n) is 12.9. The van der Waals surface area contributed by atoms with Crippen LogP contribution < -0.4 is 0 Å². The monoisotopic (exact) mass is 488 g/mol. The molecule has 2 nitrogen and oxygen atoms in total. The van der Waals surface area contributed by atoms with Crippen LogP contribution in [0.15, 0.2) is 133 Å². The Hall–Kier alpha value is -4.82. The van der Waals surface area contributed by atoms with Crippen molar-refractivity contribution in [3.8, 4) is 56.2 Å². The Balaban J connectivity index is 1.59. The molecular formula is C36H28N2. The van der Waals surface area contributed by atoms with Crippen LogP contribution in [0.3, 0.4) is 0 Å². The molecule has 6 rings (SSSR count). The molecule has 0 aliphatic rings. The van der Waals surface area contributed by atoms with Crippen LogP contribution in [0.1, 0.15) is 11.1 Å². The van der Waals surface area contributed by atoms with Gasteiger partial charge >= 0.3 is 0 Å². The lowest BCUT2D eigenvalue weighted by atomic mass is 9.94. The molecule has 0 aliphatic heterocycles. The van der Waals surface area contributed by atoms with Gasteiger partial charge in [0.05, 0.1) is 11.4 Å². The summed E-state index contributed by atoms with van der Waals surface area (Å²) < 4.78 is 0. The Kier molecular flexibility index (Phi) is 6.37. The van der Waals surface area contributed by atoms with Crippen molar-refractivity contribution in [2.75, 3.05) is 0 Å². The molecule has 0 fully saturated rings. The van der Waals surface area contributed by atoms with Gasteiger partial charge in [-0.2, -0.15) is 0 Å². The van der Waals surface area contributed by atoms with E-state index in [1.165, 1.54) is 22.3 Å². The van der Waals surface area contributed by atoms with E-state index in [1.54, 1.807) is 0 Å². The molecule has 2 heteroatoms. The topological polar surface area (TPSA) is 25.8 Å². The summed E-state index contributed by atoms with van der Waals surface area (Å²) in [5, 5.41) is 0. The standard InChI is InChI=1S/C36H28N2/c1-25-11-9-17-29(19-25)31-21-32(30-18-10-12-26(2)20-30)23-33(22-31)36-37-34(27-13-5-3-6-14-27)24-35(38-36)28-15-7-4-8-16-28/h3-24H,1-2H3. The third-order valence-corrected chi connectivity index (χ3v) is 6.76. The van der Waals surface area contributed by atoms with Crippen LogP contribution >= 0.6 is 0 Å². The van der Waals surface area contributed by atoms with Gasteiger partial charge in [-0.15, -0.1) is 0 Å². The first-order valence-corrected chi connectivity index (χ1v) is 12.9. The Morgan fingerprint density at radius 2 is 0.763 bits per heavy atom. The number of rotatable bonds is 5. The van der Waals surface area contributed by atoms with Crippen molar-refractivity contribution >= 4 is 0 Å². The number of benzene rings is 5. The third kappa shape index (κ3) is 5.02. The molecular weight excluding hydrogens is 460 g/mol. The average molecular weight is 489 g/mol. The molecule has 1 heterocycles. The Bertz CT molecular complexity index is 1600. The second-order valence-electron chi connectivity index (χ2n) is 9.73. The first kappa shape index (κ1) is 23.6. The van der Waals surface area contributed by atoms with E-state index >= 15 is 0 Å². The molecule has 0 amide bonds. The smallest absolute Gasteiger partial charge is 0.160 e. The van der Waals surface area contributed by atoms with E-state index in [9.17, 15) is 0 Å². The predicted molar refractivity (Wildman–Crippen MR) is 159 cm³/mol. The quantitative estimate of drug-likeness (QED) is 0.241. The minimum Gasteiger partial charge on any atom is -0.228 e. The summed E-state index contributed by atoms with van der Waals surface area (Å²) in [7, 11) is 0. The maximum Gasteiger partial charge on any atom is 0.160 e. The number of hydrogen-bond donors (Lipinski definition) is 0. The van der Waals surface area contributed by atoms with E-state index in [0.717, 1.165) is 39.2 Å². The molecule has 0 spiro atoms. The van der Waals surface area contributed by atoms with Crippen molar-refractivity contribution in [1.29, 1.82) is 0 Å². The van der Waals surface area contributed by atoms with Crippen molar-refractivity contribution in [3.63, 3.8) is 0 Å². The Morgan fingerprint density at radius 1 is 0.342 bits per heavy atom. The van der Waals surface area contributed by atoms with Gasteiger partial charge in [-0.1, -0.05) is 120 Å². The van der Waals surface area contributed by atoms with Crippen molar-refractivity contribution in [2.24, 2.45) is 0 Å². The van der Waals surface area contributed by atoms with Crippen LogP contribution in [0.25, 0.3) is 56.2 Å². The maximum atomic E-state index is 5.09. The van der Waals surface area contributed by atoms with Crippen molar-refractivity contribution in [3.05, 3.63) is 145 Å². The summed E-state index contributed by atoms with van der Waals surface area (Å²) in [6.07, 6.45) is 0. The highest BCUT2D eigenvalue weighted by molar-refractivity contribution is 5.81. The molecule has 5 aromatic carbocycles. The lowest BCUT2D eigenvalue weighted by Crippen LogP contribution is -1.97. The molecule has 6 aromatic rings. The van der Waals surface area contributed by atoms with Crippen LogP contribution in [0, 0.1) is 13.8 Å². The molecule has 0 atom stereocenters.